The Morgan fingerprint density at radius 1 is 1.24 bits per heavy atom. The minimum atomic E-state index is 0.544. The molecular formula is C15H13ClN4S. The van der Waals surface area contributed by atoms with Crippen molar-refractivity contribution < 1.29 is 0 Å². The Kier molecular flexibility index (Phi) is 3.16. The van der Waals surface area contributed by atoms with Crippen molar-refractivity contribution in [1.82, 2.24) is 14.8 Å². The Hall–Kier alpha value is -1.51. The Bertz CT molecular complexity index is 741. The highest BCUT2D eigenvalue weighted by Gasteiger charge is 2.36. The molecule has 2 aliphatic carbocycles. The summed E-state index contributed by atoms with van der Waals surface area (Å²) in [5.41, 5.74) is 0.628. The van der Waals surface area contributed by atoms with Crippen molar-refractivity contribution in [2.75, 3.05) is 0 Å². The van der Waals surface area contributed by atoms with Gasteiger partial charge in [0, 0.05) is 21.9 Å². The standard InChI is InChI=1S/C15H13ClN4S/c16-11-4-3-10(8-17)13(7-11)21-15-19-18-14(9-1-2-9)20(15)12-5-6-12/h3-4,7,9,12H,1-2,5-6H2. The fraction of sp³-hybridized carbons (Fsp3) is 0.400. The summed E-state index contributed by atoms with van der Waals surface area (Å²) in [6.45, 7) is 0. The van der Waals surface area contributed by atoms with Gasteiger partial charge in [-0.05, 0) is 55.6 Å². The van der Waals surface area contributed by atoms with Crippen molar-refractivity contribution in [3.05, 3.63) is 34.6 Å². The predicted octanol–water partition coefficient (Wildman–Crippen LogP) is 4.17. The molecule has 2 saturated carbocycles. The minimum Gasteiger partial charge on any atom is -0.302 e. The van der Waals surface area contributed by atoms with Crippen molar-refractivity contribution >= 4 is 23.4 Å². The molecule has 2 fully saturated rings. The van der Waals surface area contributed by atoms with Crippen LogP contribution < -0.4 is 0 Å². The number of rotatable bonds is 4. The van der Waals surface area contributed by atoms with E-state index in [4.69, 9.17) is 11.6 Å². The van der Waals surface area contributed by atoms with E-state index in [2.05, 4.69) is 20.8 Å². The van der Waals surface area contributed by atoms with Crippen LogP contribution in [0.3, 0.4) is 0 Å². The summed E-state index contributed by atoms with van der Waals surface area (Å²) in [7, 11) is 0. The number of nitrogens with zero attached hydrogens (tertiary/aromatic N) is 4. The van der Waals surface area contributed by atoms with Crippen molar-refractivity contribution in [2.24, 2.45) is 0 Å². The predicted molar refractivity (Wildman–Crippen MR) is 80.6 cm³/mol. The first-order chi connectivity index (χ1) is 10.3. The maximum Gasteiger partial charge on any atom is 0.196 e. The van der Waals surface area contributed by atoms with Crippen molar-refractivity contribution in [3.8, 4) is 6.07 Å². The molecule has 0 aliphatic heterocycles. The Morgan fingerprint density at radius 2 is 2.05 bits per heavy atom. The quantitative estimate of drug-likeness (QED) is 0.849. The topological polar surface area (TPSA) is 54.5 Å². The van der Waals surface area contributed by atoms with Gasteiger partial charge in [0.05, 0.1) is 5.56 Å². The lowest BCUT2D eigenvalue weighted by Crippen LogP contribution is -2.01. The van der Waals surface area contributed by atoms with Crippen LogP contribution in [0.5, 0.6) is 0 Å². The van der Waals surface area contributed by atoms with E-state index in [-0.39, 0.29) is 0 Å². The molecule has 0 spiro atoms. The molecule has 0 N–H and O–H groups in total. The van der Waals surface area contributed by atoms with Crippen LogP contribution in [0, 0.1) is 11.3 Å². The van der Waals surface area contributed by atoms with Gasteiger partial charge in [0.1, 0.15) is 11.9 Å². The van der Waals surface area contributed by atoms with Gasteiger partial charge in [0.15, 0.2) is 5.16 Å². The second-order valence-corrected chi connectivity index (χ2v) is 7.02. The first kappa shape index (κ1) is 13.2. The highest BCUT2D eigenvalue weighted by atomic mass is 35.5. The van der Waals surface area contributed by atoms with Crippen LogP contribution in [0.1, 0.15) is 49.0 Å². The van der Waals surface area contributed by atoms with E-state index < -0.39 is 0 Å². The molecule has 0 atom stereocenters. The molecule has 1 aromatic carbocycles. The van der Waals surface area contributed by atoms with Gasteiger partial charge in [-0.1, -0.05) is 11.6 Å². The molecule has 106 valence electrons. The van der Waals surface area contributed by atoms with Gasteiger partial charge < -0.3 is 4.57 Å². The normalized spacial score (nSPS) is 17.7. The van der Waals surface area contributed by atoms with Gasteiger partial charge in [-0.25, -0.2) is 0 Å². The van der Waals surface area contributed by atoms with Crippen LogP contribution in [-0.2, 0) is 0 Å². The number of aromatic nitrogens is 3. The highest BCUT2D eigenvalue weighted by molar-refractivity contribution is 7.99. The fourth-order valence-electron chi connectivity index (χ4n) is 2.43. The van der Waals surface area contributed by atoms with Crippen LogP contribution >= 0.6 is 23.4 Å². The lowest BCUT2D eigenvalue weighted by Gasteiger charge is -2.09. The van der Waals surface area contributed by atoms with Gasteiger partial charge >= 0.3 is 0 Å². The van der Waals surface area contributed by atoms with E-state index in [9.17, 15) is 5.26 Å². The maximum atomic E-state index is 9.23. The zero-order valence-corrected chi connectivity index (χ0v) is 12.9. The maximum absolute atomic E-state index is 9.23. The summed E-state index contributed by atoms with van der Waals surface area (Å²) in [6.07, 6.45) is 4.84. The summed E-state index contributed by atoms with van der Waals surface area (Å²) in [5, 5.41) is 19.5. The molecule has 4 nitrogen and oxygen atoms in total. The zero-order chi connectivity index (χ0) is 14.4. The SMILES string of the molecule is N#Cc1ccc(Cl)cc1Sc1nnc(C2CC2)n1C1CC1. The summed E-state index contributed by atoms with van der Waals surface area (Å²) < 4.78 is 2.28. The summed E-state index contributed by atoms with van der Waals surface area (Å²) >= 11 is 7.55. The summed E-state index contributed by atoms with van der Waals surface area (Å²) in [6, 6.07) is 8.08. The van der Waals surface area contributed by atoms with E-state index in [1.807, 2.05) is 6.07 Å². The van der Waals surface area contributed by atoms with Gasteiger partial charge in [-0.15, -0.1) is 10.2 Å². The molecular weight excluding hydrogens is 304 g/mol. The molecule has 6 heteroatoms. The van der Waals surface area contributed by atoms with E-state index in [0.29, 0.717) is 22.5 Å². The van der Waals surface area contributed by atoms with Crippen LogP contribution in [0.4, 0.5) is 0 Å². The highest BCUT2D eigenvalue weighted by Crippen LogP contribution is 2.47. The molecule has 0 bridgehead atoms. The second-order valence-electron chi connectivity index (χ2n) is 5.57. The Balaban J connectivity index is 1.72. The Morgan fingerprint density at radius 3 is 2.71 bits per heavy atom. The van der Waals surface area contributed by atoms with Gasteiger partial charge in [-0.3, -0.25) is 0 Å². The van der Waals surface area contributed by atoms with E-state index in [1.54, 1.807) is 12.1 Å². The third-order valence-corrected chi connectivity index (χ3v) is 5.06. The molecule has 0 amide bonds. The minimum absolute atomic E-state index is 0.544. The van der Waals surface area contributed by atoms with E-state index >= 15 is 0 Å². The molecule has 0 radical (unpaired) electrons. The van der Waals surface area contributed by atoms with Gasteiger partial charge in [0.2, 0.25) is 0 Å². The summed E-state index contributed by atoms with van der Waals surface area (Å²) in [5.74, 6) is 1.71. The van der Waals surface area contributed by atoms with E-state index in [1.165, 1.54) is 37.4 Å². The molecule has 2 aliphatic rings. The molecule has 2 aromatic rings. The average Bonchev–Trinajstić information content (AvgIpc) is 3.39. The number of hydrogen-bond donors (Lipinski definition) is 0. The van der Waals surface area contributed by atoms with Crippen LogP contribution in [0.25, 0.3) is 0 Å². The lowest BCUT2D eigenvalue weighted by atomic mass is 10.2. The molecule has 1 aromatic heterocycles. The largest absolute Gasteiger partial charge is 0.302 e. The number of nitriles is 1. The van der Waals surface area contributed by atoms with Gasteiger partial charge in [0.25, 0.3) is 0 Å². The molecule has 4 rings (SSSR count). The molecule has 0 unspecified atom stereocenters. The van der Waals surface area contributed by atoms with E-state index in [0.717, 1.165) is 15.9 Å². The molecule has 21 heavy (non-hydrogen) atoms. The first-order valence-electron chi connectivity index (χ1n) is 7.08. The number of halogens is 1. The smallest absolute Gasteiger partial charge is 0.196 e. The third kappa shape index (κ3) is 2.54. The Labute approximate surface area is 132 Å². The molecule has 1 heterocycles. The third-order valence-electron chi connectivity index (χ3n) is 3.81. The molecule has 0 saturated heterocycles. The van der Waals surface area contributed by atoms with Crippen LogP contribution in [0.2, 0.25) is 5.02 Å². The van der Waals surface area contributed by atoms with Crippen molar-refractivity contribution in [1.29, 1.82) is 5.26 Å². The zero-order valence-electron chi connectivity index (χ0n) is 11.3. The number of hydrogen-bond acceptors (Lipinski definition) is 4. The average molecular weight is 317 g/mol. The van der Waals surface area contributed by atoms with Gasteiger partial charge in [-0.2, -0.15) is 5.26 Å². The van der Waals surface area contributed by atoms with Crippen LogP contribution in [-0.4, -0.2) is 14.8 Å². The number of benzene rings is 1. The summed E-state index contributed by atoms with van der Waals surface area (Å²) in [4.78, 5) is 0.849. The second kappa shape index (κ2) is 5.04. The lowest BCUT2D eigenvalue weighted by molar-refractivity contribution is 0.627. The first-order valence-corrected chi connectivity index (χ1v) is 8.28. The fourth-order valence-corrected chi connectivity index (χ4v) is 3.69. The monoisotopic (exact) mass is 316 g/mol. The van der Waals surface area contributed by atoms with Crippen molar-refractivity contribution in [2.45, 2.75) is 47.7 Å². The van der Waals surface area contributed by atoms with Crippen LogP contribution in [0.15, 0.2) is 28.3 Å². The van der Waals surface area contributed by atoms with Crippen molar-refractivity contribution in [3.63, 3.8) is 0 Å².